The fourth-order valence-corrected chi connectivity index (χ4v) is 18.8. The number of carboxylic acids is 3. The summed E-state index contributed by atoms with van der Waals surface area (Å²) >= 11 is 1.95. The summed E-state index contributed by atoms with van der Waals surface area (Å²) in [6, 6.07) is -6.95. The first-order valence-corrected chi connectivity index (χ1v) is 40.0. The van der Waals surface area contributed by atoms with Crippen molar-refractivity contribution in [2.75, 3.05) is 49.2 Å². The molecule has 0 radical (unpaired) electrons. The minimum atomic E-state index is -5.83. The number of nitrogens with two attached hydrogens (primary N) is 1. The number of hydrogen-bond donors (Lipinski definition) is 15. The third-order valence-electron chi connectivity index (χ3n) is 16.8. The first-order valence-electron chi connectivity index (χ1n) is 31.9. The number of carboxylic acid groups (broad SMARTS) is 3. The molecule has 5 aliphatic heterocycles. The molecule has 7 heterocycles. The topological polar surface area (TPSA) is 564 Å². The van der Waals surface area contributed by atoms with Crippen LogP contribution in [-0.2, 0) is 79.5 Å². The Kier molecular flexibility index (Phi) is 30.1. The van der Waals surface area contributed by atoms with Gasteiger partial charge in [0.2, 0.25) is 41.4 Å². The first-order chi connectivity index (χ1) is 47.2. The number of ketones is 1. The number of aromatic nitrogens is 3. The van der Waals surface area contributed by atoms with Crippen molar-refractivity contribution >= 4 is 133 Å². The quantitative estimate of drug-likeness (QED) is 0.0193. The van der Waals surface area contributed by atoms with E-state index in [1.54, 1.807) is 0 Å². The molecule has 5 saturated heterocycles. The maximum absolute atomic E-state index is 14.6. The Morgan fingerprint density at radius 2 is 1.49 bits per heavy atom. The van der Waals surface area contributed by atoms with Crippen LogP contribution in [0.1, 0.15) is 134 Å². The van der Waals surface area contributed by atoms with Gasteiger partial charge in [-0.3, -0.25) is 57.5 Å². The van der Waals surface area contributed by atoms with E-state index in [2.05, 4.69) is 62.8 Å². The molecule has 0 saturated carbocycles. The van der Waals surface area contributed by atoms with E-state index in [-0.39, 0.29) is 118 Å². The molecule has 37 nitrogen and oxygen atoms in total. The van der Waals surface area contributed by atoms with Crippen LogP contribution in [0.15, 0.2) is 23.3 Å². The number of phosphoric acid groups is 3. The minimum absolute atomic E-state index is 0.00953. The van der Waals surface area contributed by atoms with Crippen LogP contribution in [0.3, 0.4) is 0 Å². The van der Waals surface area contributed by atoms with Crippen molar-refractivity contribution in [3.05, 3.63) is 34.4 Å². The number of anilines is 1. The standard InChI is InChI=1S/C57H82N11O26P3S3/c1-31-24-33-30-98-42(49(33)60-31)15-4-5-16-43(71)59-19-7-6-12-35(55(81)67-21-9-14-39(67)53(79)62-36(25-46(73)74)51(77)63-37(56(82)83)26-47(75)76)61-52(78)38-13-8-20-66(38)44(72)18-23-100-99-22-17-34(69)11-3-2-10-32-28-68(50-48(32)54(80)65-57(58)64-50)45-27-40(70)41(92-45)29-91-96(87,88)94-97(89,90)93-95(84,85)86/h28,33,35-42,45,49,60,70H,1,3-9,11-27,29-30H2,(H,59,71)(H,61,78)(H,62,79)(H,63,77)(H,73,74)(H,75,76)(H,82,83)(H,87,88)(H,89,90)(H2,84,85,86)(H3,58,64,65,80)/t33-,35?,36?,37?,38?,39?,40?,41?,42-,45?,49-/m0/s1. The van der Waals surface area contributed by atoms with E-state index in [1.807, 2.05) is 17.1 Å². The smallest absolute Gasteiger partial charge is 0.481 e. The number of nitrogens with one attached hydrogen (secondary N) is 6. The highest BCUT2D eigenvalue weighted by molar-refractivity contribution is 8.76. The van der Waals surface area contributed by atoms with Gasteiger partial charge in [-0.05, 0) is 75.9 Å². The molecule has 0 aliphatic carbocycles. The number of fused-ring (bicyclic) bond motifs is 2. The van der Waals surface area contributed by atoms with Crippen LogP contribution in [-0.4, -0.2) is 221 Å². The molecule has 554 valence electrons. The van der Waals surface area contributed by atoms with Crippen molar-refractivity contribution in [3.8, 4) is 11.8 Å². The fourth-order valence-electron chi connectivity index (χ4n) is 12.1. The van der Waals surface area contributed by atoms with E-state index in [0.29, 0.717) is 60.8 Å². The van der Waals surface area contributed by atoms with Crippen molar-refractivity contribution in [1.82, 2.24) is 50.9 Å². The summed E-state index contributed by atoms with van der Waals surface area (Å²) in [6.07, 6.45) is 0.934. The number of carbonyl (C=O) groups is 10. The second kappa shape index (κ2) is 37.2. The predicted octanol–water partition coefficient (Wildman–Crippen LogP) is 1.09. The fraction of sp³-hybridized carbons (Fsp3) is 0.649. The molecule has 7 rings (SSSR count). The zero-order valence-corrected chi connectivity index (χ0v) is 59.0. The van der Waals surface area contributed by atoms with Gasteiger partial charge in [0, 0.05) is 92.9 Å². The second-order valence-electron chi connectivity index (χ2n) is 24.3. The van der Waals surface area contributed by atoms with E-state index in [9.17, 15) is 91.5 Å². The van der Waals surface area contributed by atoms with Crippen molar-refractivity contribution in [3.63, 3.8) is 0 Å². The van der Waals surface area contributed by atoms with Crippen LogP contribution in [0.2, 0.25) is 0 Å². The molecule has 10 unspecified atom stereocenters. The van der Waals surface area contributed by atoms with E-state index >= 15 is 0 Å². The lowest BCUT2D eigenvalue weighted by Gasteiger charge is -2.31. The number of aliphatic hydroxyl groups excluding tert-OH is 1. The van der Waals surface area contributed by atoms with Crippen LogP contribution in [0.4, 0.5) is 5.95 Å². The molecule has 13 atom stereocenters. The molecular formula is C57H82N11O26P3S3. The number of aliphatic hydroxyl groups is 1. The number of unbranched alkanes of at least 4 members (excludes halogenated alkanes) is 2. The van der Waals surface area contributed by atoms with Gasteiger partial charge in [-0.25, -0.2) is 18.5 Å². The van der Waals surface area contributed by atoms with Crippen LogP contribution < -0.4 is 37.9 Å². The van der Waals surface area contributed by atoms with Gasteiger partial charge in [0.15, 0.2) is 5.65 Å². The van der Waals surface area contributed by atoms with Crippen LogP contribution in [0.5, 0.6) is 0 Å². The summed E-state index contributed by atoms with van der Waals surface area (Å²) in [4.78, 5) is 189. The summed E-state index contributed by atoms with van der Waals surface area (Å²) in [5.41, 5.74) is 6.26. The van der Waals surface area contributed by atoms with Gasteiger partial charge in [-0.1, -0.05) is 46.4 Å². The van der Waals surface area contributed by atoms with E-state index in [1.165, 1.54) is 42.2 Å². The highest BCUT2D eigenvalue weighted by Gasteiger charge is 2.46. The molecule has 5 fully saturated rings. The number of Topliss-reactive ketones (excluding diaryl/α,β-unsaturated/α-hetero) is 1. The van der Waals surface area contributed by atoms with Crippen molar-refractivity contribution in [2.24, 2.45) is 5.92 Å². The lowest BCUT2D eigenvalue weighted by atomic mass is 9.97. The van der Waals surface area contributed by atoms with Crippen molar-refractivity contribution in [1.29, 1.82) is 0 Å². The van der Waals surface area contributed by atoms with Gasteiger partial charge >= 0.3 is 41.4 Å². The monoisotopic (exact) mass is 1530 g/mol. The number of allylic oxidation sites excluding steroid dienone is 1. The zero-order valence-electron chi connectivity index (χ0n) is 53.9. The Bertz CT molecular complexity index is 3660. The number of hydrogen-bond acceptors (Lipinski definition) is 25. The number of aromatic amines is 1. The molecule has 2 aromatic heterocycles. The van der Waals surface area contributed by atoms with Gasteiger partial charge in [-0.2, -0.15) is 25.4 Å². The lowest BCUT2D eigenvalue weighted by Crippen LogP contribution is -2.58. The number of thioether (sulfide) groups is 1. The summed E-state index contributed by atoms with van der Waals surface area (Å²) in [6.45, 7) is 3.62. The van der Waals surface area contributed by atoms with E-state index in [4.69, 9.17) is 25.4 Å². The van der Waals surface area contributed by atoms with Crippen LogP contribution in [0, 0.1) is 17.8 Å². The van der Waals surface area contributed by atoms with Crippen molar-refractivity contribution < 1.29 is 120 Å². The van der Waals surface area contributed by atoms with E-state index in [0.717, 1.165) is 30.7 Å². The molecular weight excluding hydrogens is 1440 g/mol. The number of phosphoric ester groups is 1. The molecule has 16 N–H and O–H groups in total. The number of ether oxygens (including phenoxy) is 1. The predicted molar refractivity (Wildman–Crippen MR) is 358 cm³/mol. The highest BCUT2D eigenvalue weighted by atomic mass is 33.1. The number of nitrogen functional groups attached to an aromatic ring is 1. The molecule has 0 aromatic carbocycles. The molecule has 5 aliphatic rings. The van der Waals surface area contributed by atoms with E-state index < -0.39 is 139 Å². The summed E-state index contributed by atoms with van der Waals surface area (Å²) in [7, 11) is -14.4. The van der Waals surface area contributed by atoms with Gasteiger partial charge < -0.3 is 91.4 Å². The number of H-pyrrole nitrogens is 1. The largest absolute Gasteiger partial charge is 0.490 e. The number of likely N-dealkylation sites (tertiary alicyclic amines) is 2. The molecule has 0 spiro atoms. The highest BCUT2D eigenvalue weighted by Crippen LogP contribution is 2.66. The number of rotatable bonds is 39. The Balaban J connectivity index is 0.881. The second-order valence-corrected chi connectivity index (χ2v) is 32.7. The van der Waals surface area contributed by atoms with Crippen LogP contribution in [0.25, 0.3) is 11.0 Å². The van der Waals surface area contributed by atoms with Gasteiger partial charge in [0.1, 0.15) is 48.3 Å². The number of nitrogens with zero attached hydrogens (tertiary/aromatic N) is 4. The Morgan fingerprint density at radius 3 is 2.17 bits per heavy atom. The normalized spacial score (nSPS) is 23.2. The van der Waals surface area contributed by atoms with Gasteiger partial charge in [0.25, 0.3) is 5.56 Å². The summed E-state index contributed by atoms with van der Waals surface area (Å²) in [5.74, 6) is -1.37. The Labute approximate surface area is 583 Å². The van der Waals surface area contributed by atoms with Gasteiger partial charge in [0.05, 0.1) is 36.5 Å². The number of aliphatic carboxylic acids is 3. The third-order valence-corrected chi connectivity index (χ3v) is 24.6. The van der Waals surface area contributed by atoms with Gasteiger partial charge in [-0.15, -0.1) is 0 Å². The molecule has 43 heteroatoms. The maximum atomic E-state index is 14.6. The molecule has 100 heavy (non-hydrogen) atoms. The van der Waals surface area contributed by atoms with Crippen molar-refractivity contribution in [2.45, 2.75) is 182 Å². The average molecular weight is 1530 g/mol. The molecule has 6 amide bonds. The summed E-state index contributed by atoms with van der Waals surface area (Å²) < 4.78 is 54.1. The third kappa shape index (κ3) is 24.4. The SMILES string of the molecule is C=C1C[C@H]2CS[C@@H](CCCCC(=O)NCCCCC(NC(=O)C3CCCN3C(=O)CCSSCCC(=O)CCC#Cc3cn(C4CC(O)C(COP(=O)(O)OP(=O)(O)OP(=O)(O)O)O4)c4nc(N)[nH]c(=O)c34)C(=O)N3CCCC3C(=O)NC(CC(=O)O)C(=O)NC(CC(=O)O)C(=O)O)[C@H]2N1. The Morgan fingerprint density at radius 1 is 0.830 bits per heavy atom. The molecule has 0 bridgehead atoms. The number of carbonyl (C=O) groups excluding carboxylic acids is 7. The molecule has 2 aromatic rings. The Hall–Kier alpha value is -6.40. The first kappa shape index (κ1) is 80.9. The maximum Gasteiger partial charge on any atom is 0.490 e. The number of amides is 6. The van der Waals surface area contributed by atoms with Crippen LogP contribution >= 0.6 is 56.8 Å². The lowest BCUT2D eigenvalue weighted by molar-refractivity contribution is -0.148. The summed E-state index contributed by atoms with van der Waals surface area (Å²) in [5, 5.41) is 52.8. The average Bonchev–Trinajstić information content (AvgIpc) is 1.61. The minimum Gasteiger partial charge on any atom is -0.481 e. The zero-order chi connectivity index (χ0) is 73.2.